The van der Waals surface area contributed by atoms with Crippen molar-refractivity contribution in [3.63, 3.8) is 0 Å². The van der Waals surface area contributed by atoms with Crippen LogP contribution in [0.4, 0.5) is 5.13 Å². The first kappa shape index (κ1) is 22.0. The number of rotatable bonds is 8. The number of thiazole rings is 1. The zero-order valence-electron chi connectivity index (χ0n) is 18.8. The number of ether oxygens (including phenoxy) is 1. The number of nitrogens with zero attached hydrogens (tertiary/aromatic N) is 2. The molecule has 0 aliphatic rings. The summed E-state index contributed by atoms with van der Waals surface area (Å²) >= 11 is 1.56. The molecule has 0 N–H and O–H groups in total. The Kier molecular flexibility index (Phi) is 6.86. The summed E-state index contributed by atoms with van der Waals surface area (Å²) in [6.07, 6.45) is 2.06. The van der Waals surface area contributed by atoms with E-state index in [1.165, 1.54) is 5.56 Å². The lowest BCUT2D eigenvalue weighted by molar-refractivity contribution is 0.0984. The van der Waals surface area contributed by atoms with Gasteiger partial charge in [-0.05, 0) is 61.2 Å². The van der Waals surface area contributed by atoms with Crippen LogP contribution in [-0.4, -0.2) is 17.5 Å². The first-order chi connectivity index (χ1) is 15.5. The lowest BCUT2D eigenvalue weighted by Gasteiger charge is -2.20. The molecule has 0 atom stereocenters. The maximum atomic E-state index is 13.7. The molecular weight excluding hydrogens is 416 g/mol. The van der Waals surface area contributed by atoms with E-state index in [0.29, 0.717) is 23.8 Å². The maximum Gasteiger partial charge on any atom is 0.260 e. The number of benzene rings is 3. The molecule has 0 spiro atoms. The van der Waals surface area contributed by atoms with Crippen LogP contribution in [0.2, 0.25) is 0 Å². The maximum absolute atomic E-state index is 13.7. The van der Waals surface area contributed by atoms with Crippen LogP contribution in [0.25, 0.3) is 10.2 Å². The quantitative estimate of drug-likeness (QED) is 0.276. The summed E-state index contributed by atoms with van der Waals surface area (Å²) in [5.74, 6) is 0.642. The van der Waals surface area contributed by atoms with Crippen molar-refractivity contribution in [3.8, 4) is 5.75 Å². The fourth-order valence-corrected chi connectivity index (χ4v) is 4.82. The second-order valence-electron chi connectivity index (χ2n) is 8.03. The first-order valence-electron chi connectivity index (χ1n) is 11.0. The Morgan fingerprint density at radius 3 is 2.62 bits per heavy atom. The van der Waals surface area contributed by atoms with E-state index in [-0.39, 0.29) is 5.91 Å². The third kappa shape index (κ3) is 5.00. The number of fused-ring (bicyclic) bond motifs is 1. The molecule has 0 fully saturated rings. The van der Waals surface area contributed by atoms with Crippen LogP contribution in [0.5, 0.6) is 5.75 Å². The molecule has 164 valence electrons. The Hall–Kier alpha value is -3.18. The van der Waals surface area contributed by atoms with E-state index in [2.05, 4.69) is 32.9 Å². The van der Waals surface area contributed by atoms with Crippen LogP contribution in [0.15, 0.2) is 66.7 Å². The molecule has 32 heavy (non-hydrogen) atoms. The Morgan fingerprint density at radius 1 is 1.03 bits per heavy atom. The summed E-state index contributed by atoms with van der Waals surface area (Å²) in [4.78, 5) is 20.3. The van der Waals surface area contributed by atoms with Gasteiger partial charge >= 0.3 is 0 Å². The van der Waals surface area contributed by atoms with Crippen molar-refractivity contribution >= 4 is 32.6 Å². The van der Waals surface area contributed by atoms with Gasteiger partial charge in [0.05, 0.1) is 23.4 Å². The van der Waals surface area contributed by atoms with E-state index in [9.17, 15) is 4.79 Å². The highest BCUT2D eigenvalue weighted by molar-refractivity contribution is 7.22. The van der Waals surface area contributed by atoms with E-state index >= 15 is 0 Å². The summed E-state index contributed by atoms with van der Waals surface area (Å²) in [6, 6.07) is 21.8. The highest BCUT2D eigenvalue weighted by Crippen LogP contribution is 2.33. The van der Waals surface area contributed by atoms with Crippen LogP contribution < -0.4 is 9.64 Å². The number of aromatic nitrogens is 1. The van der Waals surface area contributed by atoms with Gasteiger partial charge in [0.1, 0.15) is 5.75 Å². The average molecular weight is 445 g/mol. The third-order valence-electron chi connectivity index (χ3n) is 5.33. The van der Waals surface area contributed by atoms with Crippen LogP contribution >= 0.6 is 11.3 Å². The standard InChI is InChI=1S/C27H28N2O2S/c1-4-5-14-31-23-13-9-12-22(17-23)26(30)29(18-21-10-7-6-8-11-21)27-28-25-20(3)15-19(2)16-24(25)32-27/h6-13,15-17H,4-5,14,18H2,1-3H3. The lowest BCUT2D eigenvalue weighted by atomic mass is 10.1. The molecule has 4 rings (SSSR count). The minimum Gasteiger partial charge on any atom is -0.494 e. The predicted octanol–water partition coefficient (Wildman–Crippen LogP) is 6.94. The van der Waals surface area contributed by atoms with E-state index < -0.39 is 0 Å². The Labute approximate surface area is 193 Å². The number of hydrogen-bond donors (Lipinski definition) is 0. The minimum atomic E-state index is -0.0803. The predicted molar refractivity (Wildman–Crippen MR) is 133 cm³/mol. The molecule has 0 aliphatic carbocycles. The highest BCUT2D eigenvalue weighted by Gasteiger charge is 2.22. The van der Waals surface area contributed by atoms with E-state index in [4.69, 9.17) is 9.72 Å². The zero-order chi connectivity index (χ0) is 22.5. The largest absolute Gasteiger partial charge is 0.494 e. The van der Waals surface area contributed by atoms with Gasteiger partial charge in [-0.15, -0.1) is 0 Å². The van der Waals surface area contributed by atoms with E-state index in [1.807, 2.05) is 54.6 Å². The van der Waals surface area contributed by atoms with Gasteiger partial charge in [0.25, 0.3) is 5.91 Å². The second kappa shape index (κ2) is 9.96. The van der Waals surface area contributed by atoms with Gasteiger partial charge in [-0.2, -0.15) is 0 Å². The van der Waals surface area contributed by atoms with Crippen LogP contribution in [0, 0.1) is 13.8 Å². The third-order valence-corrected chi connectivity index (χ3v) is 6.35. The van der Waals surface area contributed by atoms with Crippen molar-refractivity contribution in [2.75, 3.05) is 11.5 Å². The van der Waals surface area contributed by atoms with Gasteiger partial charge in [-0.3, -0.25) is 9.69 Å². The fraction of sp³-hybridized carbons (Fsp3) is 0.259. The zero-order valence-corrected chi connectivity index (χ0v) is 19.6. The lowest BCUT2D eigenvalue weighted by Crippen LogP contribution is -2.30. The number of carbonyl (C=O) groups excluding carboxylic acids is 1. The van der Waals surface area contributed by atoms with Crippen molar-refractivity contribution in [2.24, 2.45) is 0 Å². The number of anilines is 1. The van der Waals surface area contributed by atoms with Gasteiger partial charge < -0.3 is 4.74 Å². The molecule has 4 nitrogen and oxygen atoms in total. The molecule has 4 aromatic rings. The van der Waals surface area contributed by atoms with Crippen LogP contribution in [0.1, 0.15) is 46.8 Å². The molecule has 1 aromatic heterocycles. The first-order valence-corrected chi connectivity index (χ1v) is 11.8. The van der Waals surface area contributed by atoms with E-state index in [1.54, 1.807) is 16.2 Å². The SMILES string of the molecule is CCCCOc1cccc(C(=O)N(Cc2ccccc2)c2nc3c(C)cc(C)cc3s2)c1. The molecule has 0 saturated carbocycles. The molecule has 0 saturated heterocycles. The summed E-state index contributed by atoms with van der Waals surface area (Å²) in [6.45, 7) is 7.39. The summed E-state index contributed by atoms with van der Waals surface area (Å²) in [7, 11) is 0. The average Bonchev–Trinajstić information content (AvgIpc) is 3.22. The Morgan fingerprint density at radius 2 is 1.84 bits per heavy atom. The van der Waals surface area contributed by atoms with Crippen molar-refractivity contribution in [1.82, 2.24) is 4.98 Å². The van der Waals surface area contributed by atoms with Crippen molar-refractivity contribution in [1.29, 1.82) is 0 Å². The highest BCUT2D eigenvalue weighted by atomic mass is 32.1. The number of carbonyl (C=O) groups is 1. The smallest absolute Gasteiger partial charge is 0.260 e. The summed E-state index contributed by atoms with van der Waals surface area (Å²) in [5.41, 5.74) is 4.94. The number of hydrogen-bond acceptors (Lipinski definition) is 4. The molecule has 1 heterocycles. The number of amides is 1. The van der Waals surface area contributed by atoms with Gasteiger partial charge in [-0.25, -0.2) is 4.98 Å². The molecule has 0 aliphatic heterocycles. The normalized spacial score (nSPS) is 11.0. The molecule has 1 amide bonds. The summed E-state index contributed by atoms with van der Waals surface area (Å²) in [5, 5.41) is 0.708. The molecule has 0 unspecified atom stereocenters. The number of aryl methyl sites for hydroxylation is 2. The van der Waals surface area contributed by atoms with Crippen molar-refractivity contribution in [3.05, 3.63) is 89.0 Å². The molecule has 0 bridgehead atoms. The Bertz CT molecular complexity index is 1220. The topological polar surface area (TPSA) is 42.4 Å². The van der Waals surface area contributed by atoms with E-state index in [0.717, 1.165) is 39.9 Å². The van der Waals surface area contributed by atoms with Crippen molar-refractivity contribution < 1.29 is 9.53 Å². The van der Waals surface area contributed by atoms with Crippen LogP contribution in [0.3, 0.4) is 0 Å². The molecule has 3 aromatic carbocycles. The van der Waals surface area contributed by atoms with Gasteiger partial charge in [0.15, 0.2) is 5.13 Å². The minimum absolute atomic E-state index is 0.0803. The van der Waals surface area contributed by atoms with Gasteiger partial charge in [-0.1, -0.05) is 67.1 Å². The molecular formula is C27H28N2O2S. The monoisotopic (exact) mass is 444 g/mol. The Balaban J connectivity index is 1.71. The van der Waals surface area contributed by atoms with Gasteiger partial charge in [0, 0.05) is 5.56 Å². The fourth-order valence-electron chi connectivity index (χ4n) is 3.68. The van der Waals surface area contributed by atoms with Crippen LogP contribution in [-0.2, 0) is 6.54 Å². The molecule has 5 heteroatoms. The van der Waals surface area contributed by atoms with Gasteiger partial charge in [0.2, 0.25) is 0 Å². The molecule has 0 radical (unpaired) electrons. The second-order valence-corrected chi connectivity index (χ2v) is 9.04. The number of unbranched alkanes of at least 4 members (excludes halogenated alkanes) is 1. The summed E-state index contributed by atoms with van der Waals surface area (Å²) < 4.78 is 6.93. The van der Waals surface area contributed by atoms with Crippen molar-refractivity contribution in [2.45, 2.75) is 40.2 Å².